The third-order valence-electron chi connectivity index (χ3n) is 5.96. The van der Waals surface area contributed by atoms with Gasteiger partial charge in [0, 0.05) is 0 Å². The molecule has 0 amide bonds. The van der Waals surface area contributed by atoms with Crippen LogP contribution in [0.5, 0.6) is 0 Å². The van der Waals surface area contributed by atoms with Crippen molar-refractivity contribution in [3.05, 3.63) is 9.67 Å². The summed E-state index contributed by atoms with van der Waals surface area (Å²) in [7, 11) is 0. The molecule has 0 aromatic carbocycles. The number of unbranched alkanes of at least 4 members (excludes halogenated alkanes) is 3. The molecule has 2 aliphatic rings. The SMILES string of the molecule is CCC[CH2][Sn]([CH2]CCC)([CH2]CCC)[C]1=CCC2(CC1)OCCO2. The zero-order valence-corrected chi connectivity index (χ0v) is 18.6. The Morgan fingerprint density at radius 1 is 0.913 bits per heavy atom. The van der Waals surface area contributed by atoms with Gasteiger partial charge in [0.15, 0.2) is 0 Å². The molecule has 1 aliphatic heterocycles. The molecule has 0 saturated carbocycles. The molecule has 1 fully saturated rings. The molecule has 1 heterocycles. The first-order valence-electron chi connectivity index (χ1n) is 10.2. The Morgan fingerprint density at radius 2 is 1.43 bits per heavy atom. The van der Waals surface area contributed by atoms with Crippen LogP contribution in [-0.4, -0.2) is 37.4 Å². The Labute approximate surface area is 148 Å². The summed E-state index contributed by atoms with van der Waals surface area (Å²) in [5.41, 5.74) is 0. The Kier molecular flexibility index (Phi) is 8.44. The second-order valence-corrected chi connectivity index (χ2v) is 21.1. The Bertz CT molecular complexity index is 350. The van der Waals surface area contributed by atoms with E-state index in [-0.39, 0.29) is 5.79 Å². The molecule has 0 aromatic heterocycles. The van der Waals surface area contributed by atoms with E-state index in [1.807, 2.05) is 3.59 Å². The molecule has 1 saturated heterocycles. The second kappa shape index (κ2) is 9.82. The molecule has 1 spiro atoms. The predicted octanol–water partition coefficient (Wildman–Crippen LogP) is 6.23. The minimum absolute atomic E-state index is 0.235. The molecule has 2 nitrogen and oxygen atoms in total. The average Bonchev–Trinajstić information content (AvgIpc) is 3.03. The van der Waals surface area contributed by atoms with Gasteiger partial charge in [-0.25, -0.2) is 0 Å². The fraction of sp³-hybridized carbons (Fsp3) is 0.900. The van der Waals surface area contributed by atoms with Crippen LogP contribution in [0.1, 0.15) is 78.6 Å². The summed E-state index contributed by atoms with van der Waals surface area (Å²) in [6.45, 7) is 8.67. The standard InChI is InChI=1S/C8H11O2.3C4H9.Sn/c1-2-4-8(5-3-1)9-6-7-10-8;3*1-3-4-2;/h2H,3-7H2;3*1,3-4H2,2H3;. The van der Waals surface area contributed by atoms with E-state index in [1.165, 1.54) is 44.9 Å². The molecule has 0 N–H and O–H groups in total. The summed E-state index contributed by atoms with van der Waals surface area (Å²) in [5, 5.41) is 0. The molecule has 0 unspecified atom stereocenters. The van der Waals surface area contributed by atoms with Gasteiger partial charge in [-0.05, 0) is 0 Å². The van der Waals surface area contributed by atoms with E-state index in [0.29, 0.717) is 0 Å². The third-order valence-corrected chi connectivity index (χ3v) is 22.4. The van der Waals surface area contributed by atoms with E-state index in [1.54, 1.807) is 13.3 Å². The zero-order valence-electron chi connectivity index (χ0n) is 15.8. The molecule has 0 atom stereocenters. The van der Waals surface area contributed by atoms with Gasteiger partial charge in [0.25, 0.3) is 0 Å². The van der Waals surface area contributed by atoms with Crippen molar-refractivity contribution in [1.29, 1.82) is 0 Å². The molecule has 23 heavy (non-hydrogen) atoms. The maximum absolute atomic E-state index is 5.94. The Hall–Kier alpha value is 0.459. The van der Waals surface area contributed by atoms with Gasteiger partial charge in [0.05, 0.1) is 0 Å². The summed E-state index contributed by atoms with van der Waals surface area (Å²) >= 11 is -2.16. The minimum atomic E-state index is -2.16. The molecule has 0 aromatic rings. The average molecular weight is 429 g/mol. The number of ether oxygens (including phenoxy) is 2. The van der Waals surface area contributed by atoms with Crippen LogP contribution >= 0.6 is 0 Å². The molecule has 0 radical (unpaired) electrons. The van der Waals surface area contributed by atoms with Crippen LogP contribution in [0.2, 0.25) is 13.3 Å². The Morgan fingerprint density at radius 3 is 1.83 bits per heavy atom. The maximum atomic E-state index is 5.94. The van der Waals surface area contributed by atoms with Gasteiger partial charge in [-0.3, -0.25) is 0 Å². The van der Waals surface area contributed by atoms with Gasteiger partial charge in [-0.2, -0.15) is 0 Å². The Balaban J connectivity index is 2.14. The van der Waals surface area contributed by atoms with Crippen LogP contribution in [0.25, 0.3) is 0 Å². The van der Waals surface area contributed by atoms with E-state index >= 15 is 0 Å². The molecular formula is C20H38O2Sn. The number of allylic oxidation sites excluding steroid dienone is 1. The van der Waals surface area contributed by atoms with Gasteiger partial charge in [0.1, 0.15) is 0 Å². The predicted molar refractivity (Wildman–Crippen MR) is 101 cm³/mol. The van der Waals surface area contributed by atoms with E-state index in [9.17, 15) is 0 Å². The normalized spacial score (nSPS) is 20.9. The van der Waals surface area contributed by atoms with Crippen LogP contribution in [0.4, 0.5) is 0 Å². The third kappa shape index (κ3) is 5.21. The quantitative estimate of drug-likeness (QED) is 0.384. The summed E-state index contributed by atoms with van der Waals surface area (Å²) in [4.78, 5) is 0. The molecule has 0 bridgehead atoms. The van der Waals surface area contributed by atoms with Gasteiger partial charge < -0.3 is 0 Å². The number of hydrogen-bond donors (Lipinski definition) is 0. The van der Waals surface area contributed by atoms with Gasteiger partial charge in [-0.1, -0.05) is 0 Å². The van der Waals surface area contributed by atoms with Crippen molar-refractivity contribution in [1.82, 2.24) is 0 Å². The molecule has 3 heteroatoms. The van der Waals surface area contributed by atoms with Crippen molar-refractivity contribution < 1.29 is 9.47 Å². The number of hydrogen-bond acceptors (Lipinski definition) is 2. The topological polar surface area (TPSA) is 18.5 Å². The van der Waals surface area contributed by atoms with Gasteiger partial charge in [0.2, 0.25) is 0 Å². The van der Waals surface area contributed by atoms with Crippen LogP contribution in [0.3, 0.4) is 0 Å². The second-order valence-electron chi connectivity index (χ2n) is 7.63. The van der Waals surface area contributed by atoms with Crippen molar-refractivity contribution in [2.45, 2.75) is 97.7 Å². The first-order chi connectivity index (χ1) is 11.2. The molecule has 1 aliphatic carbocycles. The first-order valence-corrected chi connectivity index (χ1v) is 17.7. The van der Waals surface area contributed by atoms with Gasteiger partial charge >= 0.3 is 148 Å². The number of rotatable bonds is 10. The van der Waals surface area contributed by atoms with E-state index < -0.39 is 18.4 Å². The van der Waals surface area contributed by atoms with E-state index in [4.69, 9.17) is 9.47 Å². The van der Waals surface area contributed by atoms with Crippen LogP contribution in [0.15, 0.2) is 9.67 Å². The summed E-state index contributed by atoms with van der Waals surface area (Å²) < 4.78 is 18.6. The zero-order chi connectivity index (χ0) is 16.6. The molecule has 134 valence electrons. The first kappa shape index (κ1) is 19.8. The van der Waals surface area contributed by atoms with Crippen LogP contribution in [-0.2, 0) is 9.47 Å². The summed E-state index contributed by atoms with van der Waals surface area (Å²) in [6, 6.07) is 0. The van der Waals surface area contributed by atoms with E-state index in [2.05, 4.69) is 26.8 Å². The summed E-state index contributed by atoms with van der Waals surface area (Å²) in [5.74, 6) is -0.235. The monoisotopic (exact) mass is 430 g/mol. The summed E-state index contributed by atoms with van der Waals surface area (Å²) in [6.07, 6.45) is 14.5. The fourth-order valence-corrected chi connectivity index (χ4v) is 21.6. The van der Waals surface area contributed by atoms with E-state index in [0.717, 1.165) is 26.1 Å². The molecular weight excluding hydrogens is 391 g/mol. The van der Waals surface area contributed by atoms with Crippen molar-refractivity contribution in [2.24, 2.45) is 0 Å². The van der Waals surface area contributed by atoms with Crippen LogP contribution in [0, 0.1) is 0 Å². The van der Waals surface area contributed by atoms with Crippen molar-refractivity contribution in [3.8, 4) is 0 Å². The van der Waals surface area contributed by atoms with Crippen molar-refractivity contribution in [2.75, 3.05) is 13.2 Å². The fourth-order valence-electron chi connectivity index (χ4n) is 4.45. The van der Waals surface area contributed by atoms with Crippen molar-refractivity contribution in [3.63, 3.8) is 0 Å². The van der Waals surface area contributed by atoms with Crippen molar-refractivity contribution >= 4 is 18.4 Å². The van der Waals surface area contributed by atoms with Gasteiger partial charge in [-0.15, -0.1) is 0 Å². The molecule has 2 rings (SSSR count). The van der Waals surface area contributed by atoms with Crippen LogP contribution < -0.4 is 0 Å².